The molecule has 0 aromatic heterocycles. The van der Waals surface area contributed by atoms with Crippen molar-refractivity contribution in [3.63, 3.8) is 0 Å². The lowest BCUT2D eigenvalue weighted by atomic mass is 10.2. The van der Waals surface area contributed by atoms with Gasteiger partial charge in [0.25, 0.3) is 0 Å². The van der Waals surface area contributed by atoms with E-state index in [0.29, 0.717) is 16.5 Å². The van der Waals surface area contributed by atoms with E-state index in [-0.39, 0.29) is 13.2 Å². The maximum absolute atomic E-state index is 11.1. The van der Waals surface area contributed by atoms with Crippen LogP contribution in [0.2, 0.25) is 10.0 Å². The highest BCUT2D eigenvalue weighted by Gasteiger charge is 2.16. The SMILES string of the molecule is CCOC(=O)C(=O)OCCc1cc(Cl)cc(Cl)c1. The van der Waals surface area contributed by atoms with Crippen LogP contribution in [0.15, 0.2) is 18.2 Å². The molecule has 0 bridgehead atoms. The third kappa shape index (κ3) is 4.94. The molecule has 1 aromatic rings. The molecule has 0 unspecified atom stereocenters. The van der Waals surface area contributed by atoms with Gasteiger partial charge in [0.1, 0.15) is 0 Å². The zero-order valence-electron chi connectivity index (χ0n) is 9.74. The Balaban J connectivity index is 2.42. The normalized spacial score (nSPS) is 9.94. The molecule has 98 valence electrons. The smallest absolute Gasteiger partial charge is 0.417 e. The number of hydrogen-bond acceptors (Lipinski definition) is 4. The van der Waals surface area contributed by atoms with Crippen molar-refractivity contribution in [1.82, 2.24) is 0 Å². The third-order valence-electron chi connectivity index (χ3n) is 1.99. The predicted octanol–water partition coefficient (Wildman–Crippen LogP) is 2.64. The van der Waals surface area contributed by atoms with E-state index in [4.69, 9.17) is 27.9 Å². The van der Waals surface area contributed by atoms with E-state index >= 15 is 0 Å². The van der Waals surface area contributed by atoms with Crippen LogP contribution in [0, 0.1) is 0 Å². The van der Waals surface area contributed by atoms with Gasteiger partial charge in [0, 0.05) is 16.5 Å². The first-order chi connectivity index (χ1) is 8.52. The summed E-state index contributed by atoms with van der Waals surface area (Å²) in [6.45, 7) is 1.81. The number of hydrogen-bond donors (Lipinski definition) is 0. The lowest BCUT2D eigenvalue weighted by Crippen LogP contribution is -2.21. The molecule has 0 N–H and O–H groups in total. The number of esters is 2. The molecule has 0 atom stereocenters. The molecule has 0 aliphatic rings. The van der Waals surface area contributed by atoms with E-state index in [9.17, 15) is 9.59 Å². The molecule has 0 spiro atoms. The van der Waals surface area contributed by atoms with Gasteiger partial charge in [0.2, 0.25) is 0 Å². The van der Waals surface area contributed by atoms with Crippen LogP contribution >= 0.6 is 23.2 Å². The fraction of sp³-hybridized carbons (Fsp3) is 0.333. The molecular formula is C12H12Cl2O4. The van der Waals surface area contributed by atoms with Crippen molar-refractivity contribution in [1.29, 1.82) is 0 Å². The van der Waals surface area contributed by atoms with E-state index in [1.165, 1.54) is 0 Å². The molecule has 0 saturated heterocycles. The fourth-order valence-corrected chi connectivity index (χ4v) is 1.84. The summed E-state index contributed by atoms with van der Waals surface area (Å²) >= 11 is 11.6. The summed E-state index contributed by atoms with van der Waals surface area (Å²) in [4.78, 5) is 22.1. The average molecular weight is 291 g/mol. The zero-order chi connectivity index (χ0) is 13.5. The Bertz CT molecular complexity index is 425. The van der Waals surface area contributed by atoms with Crippen LogP contribution in [0.25, 0.3) is 0 Å². The Labute approximate surface area is 115 Å². The van der Waals surface area contributed by atoms with Gasteiger partial charge in [-0.3, -0.25) is 0 Å². The maximum atomic E-state index is 11.1. The molecule has 0 amide bonds. The minimum Gasteiger partial charge on any atom is -0.458 e. The molecule has 1 aromatic carbocycles. The second-order valence-electron chi connectivity index (χ2n) is 3.38. The summed E-state index contributed by atoms with van der Waals surface area (Å²) in [6.07, 6.45) is 0.422. The van der Waals surface area contributed by atoms with Gasteiger partial charge in [-0.15, -0.1) is 0 Å². The van der Waals surface area contributed by atoms with Crippen LogP contribution < -0.4 is 0 Å². The Hall–Kier alpha value is -1.26. The third-order valence-corrected chi connectivity index (χ3v) is 2.42. The highest BCUT2D eigenvalue weighted by Crippen LogP contribution is 2.19. The van der Waals surface area contributed by atoms with Gasteiger partial charge in [0.15, 0.2) is 0 Å². The van der Waals surface area contributed by atoms with Crippen LogP contribution in [0.1, 0.15) is 12.5 Å². The van der Waals surface area contributed by atoms with Crippen LogP contribution in [0.4, 0.5) is 0 Å². The number of halogens is 2. The van der Waals surface area contributed by atoms with Gasteiger partial charge in [0.05, 0.1) is 13.2 Å². The van der Waals surface area contributed by atoms with Crippen LogP contribution in [0.5, 0.6) is 0 Å². The van der Waals surface area contributed by atoms with Crippen molar-refractivity contribution in [2.75, 3.05) is 13.2 Å². The molecule has 1 rings (SSSR count). The van der Waals surface area contributed by atoms with Gasteiger partial charge < -0.3 is 9.47 Å². The predicted molar refractivity (Wildman–Crippen MR) is 67.8 cm³/mol. The summed E-state index contributed by atoms with van der Waals surface area (Å²) < 4.78 is 9.23. The topological polar surface area (TPSA) is 52.6 Å². The largest absolute Gasteiger partial charge is 0.458 e. The lowest BCUT2D eigenvalue weighted by Gasteiger charge is -2.05. The summed E-state index contributed by atoms with van der Waals surface area (Å²) in [6, 6.07) is 5.04. The number of ether oxygens (including phenoxy) is 2. The molecule has 4 nitrogen and oxygen atoms in total. The minimum atomic E-state index is -0.995. The van der Waals surface area contributed by atoms with Crippen molar-refractivity contribution in [3.05, 3.63) is 33.8 Å². The summed E-state index contributed by atoms with van der Waals surface area (Å²) in [7, 11) is 0. The number of carbonyl (C=O) groups excluding carboxylic acids is 2. The van der Waals surface area contributed by atoms with Gasteiger partial charge >= 0.3 is 11.9 Å². The first-order valence-electron chi connectivity index (χ1n) is 5.31. The van der Waals surface area contributed by atoms with Crippen LogP contribution in [-0.2, 0) is 25.5 Å². The first kappa shape index (κ1) is 14.8. The number of rotatable bonds is 4. The molecular weight excluding hydrogens is 279 g/mol. The van der Waals surface area contributed by atoms with E-state index in [1.807, 2.05) is 0 Å². The minimum absolute atomic E-state index is 0.0638. The molecule has 18 heavy (non-hydrogen) atoms. The van der Waals surface area contributed by atoms with Crippen molar-refractivity contribution < 1.29 is 19.1 Å². The molecule has 0 heterocycles. The van der Waals surface area contributed by atoms with E-state index < -0.39 is 11.9 Å². The fourth-order valence-electron chi connectivity index (χ4n) is 1.27. The highest BCUT2D eigenvalue weighted by atomic mass is 35.5. The Kier molecular flexibility index (Phi) is 5.95. The van der Waals surface area contributed by atoms with Gasteiger partial charge in [-0.2, -0.15) is 0 Å². The molecule has 0 aliphatic heterocycles. The molecule has 6 heteroatoms. The molecule has 0 fully saturated rings. The van der Waals surface area contributed by atoms with E-state index in [2.05, 4.69) is 4.74 Å². The van der Waals surface area contributed by atoms with Crippen molar-refractivity contribution in [2.45, 2.75) is 13.3 Å². The quantitative estimate of drug-likeness (QED) is 0.632. The van der Waals surface area contributed by atoms with E-state index in [0.717, 1.165) is 5.56 Å². The van der Waals surface area contributed by atoms with Gasteiger partial charge in [-0.05, 0) is 30.7 Å². The monoisotopic (exact) mass is 290 g/mol. The molecule has 0 saturated carbocycles. The second-order valence-corrected chi connectivity index (χ2v) is 4.26. The number of carbonyl (C=O) groups is 2. The van der Waals surface area contributed by atoms with Crippen LogP contribution in [-0.4, -0.2) is 25.2 Å². The van der Waals surface area contributed by atoms with Crippen molar-refractivity contribution >= 4 is 35.1 Å². The lowest BCUT2D eigenvalue weighted by molar-refractivity contribution is -0.167. The summed E-state index contributed by atoms with van der Waals surface area (Å²) in [5.74, 6) is -1.98. The van der Waals surface area contributed by atoms with E-state index in [1.54, 1.807) is 25.1 Å². The Morgan fingerprint density at radius 1 is 1.06 bits per heavy atom. The standard InChI is InChI=1S/C12H12Cl2O4/c1-2-17-11(15)12(16)18-4-3-8-5-9(13)7-10(14)6-8/h5-7H,2-4H2,1H3. The maximum Gasteiger partial charge on any atom is 0.417 e. The van der Waals surface area contributed by atoms with Crippen molar-refractivity contribution in [2.24, 2.45) is 0 Å². The Morgan fingerprint density at radius 2 is 1.61 bits per heavy atom. The first-order valence-corrected chi connectivity index (χ1v) is 6.07. The highest BCUT2D eigenvalue weighted by molar-refractivity contribution is 6.34. The number of benzene rings is 1. The van der Waals surface area contributed by atoms with Crippen LogP contribution in [0.3, 0.4) is 0 Å². The van der Waals surface area contributed by atoms with Crippen molar-refractivity contribution in [3.8, 4) is 0 Å². The Morgan fingerprint density at radius 3 is 2.17 bits per heavy atom. The summed E-state index contributed by atoms with van der Waals surface area (Å²) in [5, 5.41) is 1.02. The second kappa shape index (κ2) is 7.24. The molecule has 0 aliphatic carbocycles. The van der Waals surface area contributed by atoms with Gasteiger partial charge in [-0.25, -0.2) is 9.59 Å². The summed E-state index contributed by atoms with van der Waals surface area (Å²) in [5.41, 5.74) is 0.823. The average Bonchev–Trinajstić information content (AvgIpc) is 2.27. The zero-order valence-corrected chi connectivity index (χ0v) is 11.3. The molecule has 0 radical (unpaired) electrons. The van der Waals surface area contributed by atoms with Gasteiger partial charge in [-0.1, -0.05) is 23.2 Å².